The van der Waals surface area contributed by atoms with E-state index in [9.17, 15) is 15.0 Å². The molecule has 0 aliphatic rings. The standard InChI is InChI=1S/C31H28O9/c1-35-17-11-24(39-5)29-25(12-17)40-31-27(19(32)14-20(33)28(31)30(29)34)26(16-9-7-6-8-10-16)18-13-22(37-3)23(38-4)15-21(18)36-2/h6-15,26,32-33H,1-5H3. The average Bonchev–Trinajstić information content (AvgIpc) is 2.97. The molecule has 5 rings (SSSR count). The first kappa shape index (κ1) is 26.6. The molecular formula is C31H28O9. The summed E-state index contributed by atoms with van der Waals surface area (Å²) in [6.07, 6.45) is 0. The van der Waals surface area contributed by atoms with Gasteiger partial charge in [0.05, 0.1) is 35.5 Å². The maximum atomic E-state index is 13.9. The lowest BCUT2D eigenvalue weighted by molar-refractivity contribution is 0.347. The summed E-state index contributed by atoms with van der Waals surface area (Å²) < 4.78 is 33.9. The van der Waals surface area contributed by atoms with Crippen LogP contribution in [0.25, 0.3) is 21.9 Å². The topological polar surface area (TPSA) is 117 Å². The molecule has 0 fully saturated rings. The van der Waals surface area contributed by atoms with E-state index in [2.05, 4.69) is 0 Å². The number of hydrogen-bond acceptors (Lipinski definition) is 9. The Morgan fingerprint density at radius 3 is 1.95 bits per heavy atom. The predicted octanol–water partition coefficient (Wildman–Crippen LogP) is 5.58. The van der Waals surface area contributed by atoms with E-state index in [-0.39, 0.29) is 39.0 Å². The molecule has 0 radical (unpaired) electrons. The van der Waals surface area contributed by atoms with E-state index >= 15 is 0 Å². The molecule has 9 nitrogen and oxygen atoms in total. The smallest absolute Gasteiger partial charge is 0.208 e. The van der Waals surface area contributed by atoms with Gasteiger partial charge in [-0.25, -0.2) is 0 Å². The third kappa shape index (κ3) is 4.25. The summed E-state index contributed by atoms with van der Waals surface area (Å²) in [5, 5.41) is 22.3. The van der Waals surface area contributed by atoms with Crippen LogP contribution in [-0.2, 0) is 0 Å². The fourth-order valence-electron chi connectivity index (χ4n) is 5.06. The molecule has 1 heterocycles. The minimum atomic E-state index is -0.729. The monoisotopic (exact) mass is 544 g/mol. The zero-order valence-electron chi connectivity index (χ0n) is 22.6. The highest BCUT2D eigenvalue weighted by atomic mass is 16.5. The first-order valence-corrected chi connectivity index (χ1v) is 12.3. The Bertz CT molecular complexity index is 1770. The molecule has 0 aliphatic heterocycles. The lowest BCUT2D eigenvalue weighted by atomic mass is 9.82. The Morgan fingerprint density at radius 2 is 1.32 bits per heavy atom. The Balaban J connectivity index is 1.96. The van der Waals surface area contributed by atoms with Gasteiger partial charge in [0.25, 0.3) is 0 Å². The summed E-state index contributed by atoms with van der Waals surface area (Å²) in [5.74, 6) is 0.503. The minimum Gasteiger partial charge on any atom is -0.507 e. The normalized spacial score (nSPS) is 11.8. The number of phenols is 2. The SMILES string of the molecule is COc1cc(OC)c2c(=O)c3c(O)cc(O)c(C(c4ccccc4)c4cc(OC)c(OC)cc4OC)c3oc2c1. The number of rotatable bonds is 8. The summed E-state index contributed by atoms with van der Waals surface area (Å²) >= 11 is 0. The molecule has 0 amide bonds. The van der Waals surface area contributed by atoms with Gasteiger partial charge in [0, 0.05) is 41.3 Å². The highest BCUT2D eigenvalue weighted by Crippen LogP contribution is 2.49. The second-order valence-corrected chi connectivity index (χ2v) is 8.96. The fourth-order valence-corrected chi connectivity index (χ4v) is 5.06. The Morgan fingerprint density at radius 1 is 0.675 bits per heavy atom. The largest absolute Gasteiger partial charge is 0.507 e. The van der Waals surface area contributed by atoms with E-state index in [0.29, 0.717) is 28.6 Å². The van der Waals surface area contributed by atoms with Crippen molar-refractivity contribution in [1.29, 1.82) is 0 Å². The maximum Gasteiger partial charge on any atom is 0.208 e. The van der Waals surface area contributed by atoms with Gasteiger partial charge in [-0.15, -0.1) is 0 Å². The maximum absolute atomic E-state index is 13.9. The molecular weight excluding hydrogens is 516 g/mol. The number of methoxy groups -OCH3 is 5. The Kier molecular flexibility index (Phi) is 7.04. The highest BCUT2D eigenvalue weighted by Gasteiger charge is 2.31. The summed E-state index contributed by atoms with van der Waals surface area (Å²) in [7, 11) is 7.47. The summed E-state index contributed by atoms with van der Waals surface area (Å²) in [6, 6.07) is 17.0. The highest BCUT2D eigenvalue weighted by molar-refractivity contribution is 5.99. The van der Waals surface area contributed by atoms with Crippen molar-refractivity contribution < 1.29 is 38.3 Å². The Labute approximate surface area is 229 Å². The molecule has 2 N–H and O–H groups in total. The number of hydrogen-bond donors (Lipinski definition) is 2. The van der Waals surface area contributed by atoms with Crippen LogP contribution in [0.15, 0.2) is 69.9 Å². The fraction of sp³-hybridized carbons (Fsp3) is 0.194. The van der Waals surface area contributed by atoms with E-state index in [1.165, 1.54) is 35.5 Å². The zero-order valence-corrected chi connectivity index (χ0v) is 22.6. The predicted molar refractivity (Wildman–Crippen MR) is 150 cm³/mol. The molecule has 5 aromatic rings. The van der Waals surface area contributed by atoms with E-state index in [4.69, 9.17) is 28.1 Å². The molecule has 1 atom stereocenters. The van der Waals surface area contributed by atoms with Crippen molar-refractivity contribution >= 4 is 21.9 Å². The van der Waals surface area contributed by atoms with Crippen molar-refractivity contribution in [3.63, 3.8) is 0 Å². The first-order valence-electron chi connectivity index (χ1n) is 12.3. The first-order chi connectivity index (χ1) is 19.4. The molecule has 1 unspecified atom stereocenters. The quantitative estimate of drug-likeness (QED) is 0.191. The molecule has 0 bridgehead atoms. The van der Waals surface area contributed by atoms with Crippen LogP contribution in [0, 0.1) is 0 Å². The molecule has 0 aliphatic carbocycles. The molecule has 40 heavy (non-hydrogen) atoms. The molecule has 0 saturated heterocycles. The molecule has 206 valence electrons. The van der Waals surface area contributed by atoms with Gasteiger partial charge >= 0.3 is 0 Å². The van der Waals surface area contributed by atoms with Crippen molar-refractivity contribution in [1.82, 2.24) is 0 Å². The van der Waals surface area contributed by atoms with Crippen molar-refractivity contribution in [2.75, 3.05) is 35.5 Å². The van der Waals surface area contributed by atoms with Crippen molar-refractivity contribution in [2.24, 2.45) is 0 Å². The lowest BCUT2D eigenvalue weighted by Crippen LogP contribution is -2.11. The average molecular weight is 545 g/mol. The van der Waals surface area contributed by atoms with Gasteiger partial charge in [0.1, 0.15) is 50.7 Å². The van der Waals surface area contributed by atoms with Gasteiger partial charge in [0.2, 0.25) is 5.43 Å². The van der Waals surface area contributed by atoms with Gasteiger partial charge in [-0.2, -0.15) is 0 Å². The molecule has 1 aromatic heterocycles. The number of benzene rings is 4. The minimum absolute atomic E-state index is 0.00371. The van der Waals surface area contributed by atoms with Crippen LogP contribution >= 0.6 is 0 Å². The summed E-state index contributed by atoms with van der Waals surface area (Å²) in [4.78, 5) is 13.9. The third-order valence-corrected chi connectivity index (χ3v) is 6.91. The molecule has 9 heteroatoms. The summed E-state index contributed by atoms with van der Waals surface area (Å²) in [6.45, 7) is 0. The van der Waals surface area contributed by atoms with Crippen LogP contribution in [0.5, 0.6) is 40.2 Å². The van der Waals surface area contributed by atoms with Gasteiger partial charge < -0.3 is 38.3 Å². The number of fused-ring (bicyclic) bond motifs is 2. The summed E-state index contributed by atoms with van der Waals surface area (Å²) in [5.41, 5.74) is 1.22. The lowest BCUT2D eigenvalue weighted by Gasteiger charge is -2.24. The second kappa shape index (κ2) is 10.6. The van der Waals surface area contributed by atoms with Crippen LogP contribution in [-0.4, -0.2) is 45.8 Å². The second-order valence-electron chi connectivity index (χ2n) is 8.96. The molecule has 0 saturated carbocycles. The Hall–Kier alpha value is -5.05. The number of ether oxygens (including phenoxy) is 5. The van der Waals surface area contributed by atoms with E-state index in [0.717, 1.165) is 11.6 Å². The van der Waals surface area contributed by atoms with E-state index in [1.807, 2.05) is 30.3 Å². The van der Waals surface area contributed by atoms with Gasteiger partial charge in [-0.3, -0.25) is 4.79 Å². The van der Waals surface area contributed by atoms with Gasteiger partial charge in [-0.1, -0.05) is 30.3 Å². The van der Waals surface area contributed by atoms with Crippen LogP contribution < -0.4 is 29.1 Å². The van der Waals surface area contributed by atoms with E-state index in [1.54, 1.807) is 24.3 Å². The molecule has 4 aromatic carbocycles. The van der Waals surface area contributed by atoms with Crippen LogP contribution in [0.2, 0.25) is 0 Å². The van der Waals surface area contributed by atoms with E-state index < -0.39 is 17.1 Å². The molecule has 0 spiro atoms. The van der Waals surface area contributed by atoms with Crippen molar-refractivity contribution in [3.05, 3.63) is 87.6 Å². The van der Waals surface area contributed by atoms with Gasteiger partial charge in [-0.05, 0) is 11.6 Å². The van der Waals surface area contributed by atoms with Crippen LogP contribution in [0.3, 0.4) is 0 Å². The van der Waals surface area contributed by atoms with Crippen LogP contribution in [0.1, 0.15) is 22.6 Å². The van der Waals surface area contributed by atoms with Gasteiger partial charge in [0.15, 0.2) is 11.5 Å². The zero-order chi connectivity index (χ0) is 28.6. The van der Waals surface area contributed by atoms with Crippen LogP contribution in [0.4, 0.5) is 0 Å². The third-order valence-electron chi connectivity index (χ3n) is 6.91. The van der Waals surface area contributed by atoms with Crippen molar-refractivity contribution in [2.45, 2.75) is 5.92 Å². The number of phenolic OH excluding ortho intramolecular Hbond substituents is 2. The number of aromatic hydroxyl groups is 2. The van der Waals surface area contributed by atoms with Crippen molar-refractivity contribution in [3.8, 4) is 40.2 Å².